The Balaban J connectivity index is 1.76. The second-order valence-corrected chi connectivity index (χ2v) is 6.40. The Bertz CT molecular complexity index is 1020. The highest BCUT2D eigenvalue weighted by atomic mass is 16.4. The lowest BCUT2D eigenvalue weighted by Gasteiger charge is -2.20. The van der Waals surface area contributed by atoms with E-state index in [9.17, 15) is 9.59 Å². The van der Waals surface area contributed by atoms with Crippen molar-refractivity contribution in [1.82, 2.24) is 9.38 Å². The maximum Gasteiger partial charge on any atom is 0.337 e. The number of carbonyl (C=O) groups is 2. The number of hydrogen-bond donors (Lipinski definition) is 1. The highest BCUT2D eigenvalue weighted by Gasteiger charge is 2.29. The van der Waals surface area contributed by atoms with Gasteiger partial charge in [0.25, 0.3) is 0 Å². The molecule has 1 aromatic carbocycles. The standard InChI is InChI=1S/C19H17N3O3/c1-11-7-15-8-13(3-5-17(15)22(11)12(2)23)16-10-21-9-14(19(24)25)4-6-18(21)20-16/h3-6,8-11H,7H2,1-2H3,(H,24,25). The normalized spacial score (nSPS) is 16.2. The number of anilines is 1. The van der Waals surface area contributed by atoms with Gasteiger partial charge in [-0.15, -0.1) is 0 Å². The molecule has 0 bridgehead atoms. The van der Waals surface area contributed by atoms with Gasteiger partial charge in [-0.25, -0.2) is 9.78 Å². The van der Waals surface area contributed by atoms with Crippen molar-refractivity contribution in [2.45, 2.75) is 26.3 Å². The summed E-state index contributed by atoms with van der Waals surface area (Å²) in [5.41, 5.74) is 4.73. The molecule has 25 heavy (non-hydrogen) atoms. The van der Waals surface area contributed by atoms with Crippen LogP contribution in [0.1, 0.15) is 29.8 Å². The van der Waals surface area contributed by atoms with E-state index in [1.165, 1.54) is 0 Å². The van der Waals surface area contributed by atoms with Gasteiger partial charge in [0.05, 0.1) is 11.3 Å². The van der Waals surface area contributed by atoms with Gasteiger partial charge in [-0.3, -0.25) is 4.79 Å². The zero-order valence-electron chi connectivity index (χ0n) is 13.9. The lowest BCUT2D eigenvalue weighted by Crippen LogP contribution is -2.33. The molecule has 6 heteroatoms. The van der Waals surface area contributed by atoms with Crippen LogP contribution in [-0.2, 0) is 11.2 Å². The van der Waals surface area contributed by atoms with Crippen LogP contribution >= 0.6 is 0 Å². The fourth-order valence-electron chi connectivity index (χ4n) is 3.53. The molecule has 0 aliphatic carbocycles. The Kier molecular flexibility index (Phi) is 3.35. The summed E-state index contributed by atoms with van der Waals surface area (Å²) in [6.07, 6.45) is 4.20. The molecule has 3 heterocycles. The number of carbonyl (C=O) groups excluding carboxylic acids is 1. The van der Waals surface area contributed by atoms with Crippen LogP contribution in [-0.4, -0.2) is 32.4 Å². The number of nitrogens with zero attached hydrogens (tertiary/aromatic N) is 3. The Morgan fingerprint density at radius 2 is 2.00 bits per heavy atom. The van der Waals surface area contributed by atoms with Crippen LogP contribution in [0.3, 0.4) is 0 Å². The average molecular weight is 335 g/mol. The van der Waals surface area contributed by atoms with Crippen LogP contribution in [0.2, 0.25) is 0 Å². The number of aromatic carboxylic acids is 1. The molecule has 6 nitrogen and oxygen atoms in total. The van der Waals surface area contributed by atoms with Gasteiger partial charge in [0.1, 0.15) is 5.65 Å². The SMILES string of the molecule is CC(=O)N1c2ccc(-c3cn4cc(C(=O)O)ccc4n3)cc2CC1C. The number of hydrogen-bond acceptors (Lipinski definition) is 3. The molecule has 2 aromatic heterocycles. The van der Waals surface area contributed by atoms with Crippen LogP contribution in [0.5, 0.6) is 0 Å². The molecule has 1 aliphatic rings. The van der Waals surface area contributed by atoms with E-state index in [1.807, 2.05) is 30.2 Å². The van der Waals surface area contributed by atoms with Crippen molar-refractivity contribution in [3.8, 4) is 11.3 Å². The van der Waals surface area contributed by atoms with Crippen molar-refractivity contribution in [1.29, 1.82) is 0 Å². The number of carboxylic acid groups (broad SMARTS) is 1. The third-order valence-corrected chi connectivity index (χ3v) is 4.63. The first kappa shape index (κ1) is 15.4. The van der Waals surface area contributed by atoms with Crippen LogP contribution in [0.15, 0.2) is 42.7 Å². The molecule has 3 aromatic rings. The van der Waals surface area contributed by atoms with E-state index in [0.29, 0.717) is 5.65 Å². The summed E-state index contributed by atoms with van der Waals surface area (Å²) in [5, 5.41) is 9.10. The van der Waals surface area contributed by atoms with Crippen molar-refractivity contribution in [2.24, 2.45) is 0 Å². The molecule has 0 fully saturated rings. The van der Waals surface area contributed by atoms with Crippen LogP contribution < -0.4 is 4.90 Å². The zero-order valence-corrected chi connectivity index (χ0v) is 13.9. The molecule has 1 N–H and O–H groups in total. The van der Waals surface area contributed by atoms with E-state index >= 15 is 0 Å². The van der Waals surface area contributed by atoms with E-state index in [2.05, 4.69) is 11.1 Å². The van der Waals surface area contributed by atoms with E-state index in [1.54, 1.807) is 29.7 Å². The van der Waals surface area contributed by atoms with Gasteiger partial charge >= 0.3 is 5.97 Å². The molecule has 0 saturated heterocycles. The molecule has 126 valence electrons. The number of amides is 1. The van der Waals surface area contributed by atoms with Crippen molar-refractivity contribution >= 4 is 23.2 Å². The Labute approximate surface area is 144 Å². The van der Waals surface area contributed by atoms with Gasteiger partial charge < -0.3 is 14.4 Å². The number of benzene rings is 1. The van der Waals surface area contributed by atoms with Gasteiger partial charge in [-0.2, -0.15) is 0 Å². The third-order valence-electron chi connectivity index (χ3n) is 4.63. The predicted octanol–water partition coefficient (Wildman–Crippen LogP) is 3.00. The van der Waals surface area contributed by atoms with Crippen molar-refractivity contribution in [3.05, 3.63) is 53.9 Å². The van der Waals surface area contributed by atoms with E-state index in [4.69, 9.17) is 5.11 Å². The maximum absolute atomic E-state index is 11.8. The smallest absolute Gasteiger partial charge is 0.337 e. The van der Waals surface area contributed by atoms with Gasteiger partial charge in [0, 0.05) is 36.6 Å². The minimum atomic E-state index is -0.965. The lowest BCUT2D eigenvalue weighted by atomic mass is 10.1. The fraction of sp³-hybridized carbons (Fsp3) is 0.211. The van der Waals surface area contributed by atoms with Crippen LogP contribution in [0.25, 0.3) is 16.9 Å². The number of pyridine rings is 1. The number of aromatic nitrogens is 2. The molecule has 0 saturated carbocycles. The summed E-state index contributed by atoms with van der Waals surface area (Å²) in [5.74, 6) is -0.916. The maximum atomic E-state index is 11.8. The van der Waals surface area contributed by atoms with Gasteiger partial charge in [0.15, 0.2) is 0 Å². The lowest BCUT2D eigenvalue weighted by molar-refractivity contribution is -0.116. The summed E-state index contributed by atoms with van der Waals surface area (Å²) >= 11 is 0. The Hall–Kier alpha value is -3.15. The summed E-state index contributed by atoms with van der Waals surface area (Å²) in [4.78, 5) is 29.3. The quantitative estimate of drug-likeness (QED) is 0.781. The Morgan fingerprint density at radius 1 is 1.20 bits per heavy atom. The second-order valence-electron chi connectivity index (χ2n) is 6.40. The molecule has 1 aliphatic heterocycles. The molecule has 4 rings (SSSR count). The van der Waals surface area contributed by atoms with Crippen LogP contribution in [0.4, 0.5) is 5.69 Å². The first-order valence-corrected chi connectivity index (χ1v) is 8.09. The number of imidazole rings is 1. The summed E-state index contributed by atoms with van der Waals surface area (Å²) in [7, 11) is 0. The first-order chi connectivity index (χ1) is 11.9. The molecule has 1 amide bonds. The Morgan fingerprint density at radius 3 is 2.72 bits per heavy atom. The second kappa shape index (κ2) is 5.44. The van der Waals surface area contributed by atoms with E-state index < -0.39 is 5.97 Å². The van der Waals surface area contributed by atoms with E-state index in [0.717, 1.165) is 28.9 Å². The third kappa shape index (κ3) is 2.46. The van der Waals surface area contributed by atoms with Crippen molar-refractivity contribution in [3.63, 3.8) is 0 Å². The summed E-state index contributed by atoms with van der Waals surface area (Å²) in [6.45, 7) is 3.63. The average Bonchev–Trinajstić information content (AvgIpc) is 3.12. The summed E-state index contributed by atoms with van der Waals surface area (Å²) in [6, 6.07) is 9.37. The molecule has 1 atom stereocenters. The number of carboxylic acids is 1. The highest BCUT2D eigenvalue weighted by molar-refractivity contribution is 5.95. The predicted molar refractivity (Wildman–Crippen MR) is 93.9 cm³/mol. The molecule has 0 radical (unpaired) electrons. The molecular formula is C19H17N3O3. The van der Waals surface area contributed by atoms with Gasteiger partial charge in [-0.05, 0) is 43.2 Å². The molecule has 0 spiro atoms. The largest absolute Gasteiger partial charge is 0.478 e. The summed E-state index contributed by atoms with van der Waals surface area (Å²) < 4.78 is 1.72. The minimum Gasteiger partial charge on any atom is -0.478 e. The van der Waals surface area contributed by atoms with Crippen LogP contribution in [0, 0.1) is 0 Å². The van der Waals surface area contributed by atoms with Gasteiger partial charge in [0.2, 0.25) is 5.91 Å². The zero-order chi connectivity index (χ0) is 17.7. The van der Waals surface area contributed by atoms with Crippen molar-refractivity contribution in [2.75, 3.05) is 4.90 Å². The number of rotatable bonds is 2. The minimum absolute atomic E-state index is 0.0490. The van der Waals surface area contributed by atoms with E-state index in [-0.39, 0.29) is 17.5 Å². The molecular weight excluding hydrogens is 318 g/mol. The van der Waals surface area contributed by atoms with Gasteiger partial charge in [-0.1, -0.05) is 6.07 Å². The first-order valence-electron chi connectivity index (χ1n) is 8.09. The highest BCUT2D eigenvalue weighted by Crippen LogP contribution is 2.35. The van der Waals surface area contributed by atoms with Crippen molar-refractivity contribution < 1.29 is 14.7 Å². The topological polar surface area (TPSA) is 74.9 Å². The fourth-order valence-corrected chi connectivity index (χ4v) is 3.53. The molecule has 1 unspecified atom stereocenters. The monoisotopic (exact) mass is 335 g/mol. The number of fused-ring (bicyclic) bond motifs is 2.